The normalized spacial score (nSPS) is 10.0. The third-order valence-electron chi connectivity index (χ3n) is 1.96. The maximum absolute atomic E-state index is 11.3. The summed E-state index contributed by atoms with van der Waals surface area (Å²) in [7, 11) is 1.30. The van der Waals surface area contributed by atoms with Crippen LogP contribution in [0.25, 0.3) is 16.5 Å². The van der Waals surface area contributed by atoms with Gasteiger partial charge in [-0.1, -0.05) is 34.9 Å². The molecule has 0 amide bonds. The highest BCUT2D eigenvalue weighted by Crippen LogP contribution is 2.19. The molecule has 5 nitrogen and oxygen atoms in total. The lowest BCUT2D eigenvalue weighted by molar-refractivity contribution is 0.0601. The Kier molecular flexibility index (Phi) is 5.07. The molecule has 0 aliphatic rings. The zero-order valence-corrected chi connectivity index (χ0v) is 9.89. The molecule has 0 atom stereocenters. The molecule has 1 aromatic carbocycles. The van der Waals surface area contributed by atoms with Gasteiger partial charge in [0.15, 0.2) is 0 Å². The summed E-state index contributed by atoms with van der Waals surface area (Å²) in [6.45, 7) is 0.271. The predicted octanol–water partition coefficient (Wildman–Crippen LogP) is 3.45. The van der Waals surface area contributed by atoms with Crippen LogP contribution >= 0.6 is 11.6 Å². The van der Waals surface area contributed by atoms with Gasteiger partial charge in [0.2, 0.25) is 0 Å². The Morgan fingerprint density at radius 1 is 1.65 bits per heavy atom. The lowest BCUT2D eigenvalue weighted by Gasteiger charge is -2.02. The van der Waals surface area contributed by atoms with Gasteiger partial charge in [0.05, 0.1) is 17.7 Å². The standard InChI is InChI=1S/C11H10ClN3O2/c1-17-11(16)9-5-4-8(7-10(9)12)3-2-6-14-15-13/h2-5,7H,6H2,1H3. The molecule has 0 aromatic heterocycles. The minimum Gasteiger partial charge on any atom is -0.465 e. The second-order valence-corrected chi connectivity index (χ2v) is 3.45. The van der Waals surface area contributed by atoms with Gasteiger partial charge < -0.3 is 4.74 Å². The monoisotopic (exact) mass is 251 g/mol. The lowest BCUT2D eigenvalue weighted by atomic mass is 10.1. The summed E-state index contributed by atoms with van der Waals surface area (Å²) in [6.07, 6.45) is 3.45. The number of nitrogens with zero attached hydrogens (tertiary/aromatic N) is 3. The predicted molar refractivity (Wildman–Crippen MR) is 65.8 cm³/mol. The average Bonchev–Trinajstić information content (AvgIpc) is 2.34. The molecule has 0 aliphatic heterocycles. The number of carbonyl (C=O) groups is 1. The largest absolute Gasteiger partial charge is 0.465 e. The smallest absolute Gasteiger partial charge is 0.339 e. The van der Waals surface area contributed by atoms with Crippen molar-refractivity contribution in [1.29, 1.82) is 0 Å². The van der Waals surface area contributed by atoms with Crippen LogP contribution in [-0.2, 0) is 4.74 Å². The first kappa shape index (κ1) is 13.1. The number of benzene rings is 1. The van der Waals surface area contributed by atoms with Gasteiger partial charge in [-0.15, -0.1) is 0 Å². The average molecular weight is 252 g/mol. The SMILES string of the molecule is COC(=O)c1ccc(C=CCN=[N+]=[N-])cc1Cl. The Morgan fingerprint density at radius 2 is 2.41 bits per heavy atom. The van der Waals surface area contributed by atoms with Gasteiger partial charge >= 0.3 is 5.97 Å². The van der Waals surface area contributed by atoms with E-state index in [1.54, 1.807) is 30.4 Å². The Bertz CT molecular complexity index is 493. The summed E-state index contributed by atoms with van der Waals surface area (Å²) in [5.74, 6) is -0.473. The quantitative estimate of drug-likeness (QED) is 0.356. The van der Waals surface area contributed by atoms with Crippen LogP contribution in [0.1, 0.15) is 15.9 Å². The van der Waals surface area contributed by atoms with E-state index >= 15 is 0 Å². The van der Waals surface area contributed by atoms with Crippen LogP contribution in [0.15, 0.2) is 29.4 Å². The van der Waals surface area contributed by atoms with Crippen molar-refractivity contribution in [3.05, 3.63) is 50.9 Å². The van der Waals surface area contributed by atoms with E-state index in [0.717, 1.165) is 5.56 Å². The first-order valence-corrected chi connectivity index (χ1v) is 5.12. The number of hydrogen-bond acceptors (Lipinski definition) is 3. The molecule has 0 heterocycles. The van der Waals surface area contributed by atoms with Crippen LogP contribution in [0.3, 0.4) is 0 Å². The van der Waals surface area contributed by atoms with Crippen molar-refractivity contribution in [2.45, 2.75) is 0 Å². The van der Waals surface area contributed by atoms with Gasteiger partial charge in [0.1, 0.15) is 0 Å². The van der Waals surface area contributed by atoms with Crippen molar-refractivity contribution in [3.8, 4) is 0 Å². The molecule has 0 saturated heterocycles. The van der Waals surface area contributed by atoms with Crippen molar-refractivity contribution in [1.82, 2.24) is 0 Å². The van der Waals surface area contributed by atoms with Crippen molar-refractivity contribution >= 4 is 23.6 Å². The molecule has 0 radical (unpaired) electrons. The van der Waals surface area contributed by atoms with Crippen LogP contribution in [-0.4, -0.2) is 19.6 Å². The molecule has 6 heteroatoms. The van der Waals surface area contributed by atoms with Crippen LogP contribution in [0.2, 0.25) is 5.02 Å². The lowest BCUT2D eigenvalue weighted by Crippen LogP contribution is -2.01. The molecule has 0 bridgehead atoms. The minimum absolute atomic E-state index is 0.271. The van der Waals surface area contributed by atoms with Crippen LogP contribution < -0.4 is 0 Å². The summed E-state index contributed by atoms with van der Waals surface area (Å²) in [5, 5.41) is 3.68. The van der Waals surface area contributed by atoms with Crippen LogP contribution in [0.5, 0.6) is 0 Å². The van der Waals surface area contributed by atoms with E-state index in [-0.39, 0.29) is 6.54 Å². The Labute approximate surface area is 103 Å². The fourth-order valence-electron chi connectivity index (χ4n) is 1.18. The maximum atomic E-state index is 11.3. The number of hydrogen-bond donors (Lipinski definition) is 0. The van der Waals surface area contributed by atoms with Crippen molar-refractivity contribution in [2.75, 3.05) is 13.7 Å². The topological polar surface area (TPSA) is 75.1 Å². The van der Waals surface area contributed by atoms with E-state index < -0.39 is 5.97 Å². The van der Waals surface area contributed by atoms with Gasteiger partial charge in [-0.3, -0.25) is 0 Å². The fraction of sp³-hybridized carbons (Fsp3) is 0.182. The molecule has 88 valence electrons. The first-order chi connectivity index (χ1) is 8.19. The van der Waals surface area contributed by atoms with Gasteiger partial charge in [-0.2, -0.15) is 0 Å². The van der Waals surface area contributed by atoms with Gasteiger partial charge in [-0.05, 0) is 23.2 Å². The summed E-state index contributed by atoms with van der Waals surface area (Å²) < 4.78 is 4.57. The zero-order valence-electron chi connectivity index (χ0n) is 9.13. The molecule has 0 N–H and O–H groups in total. The number of methoxy groups -OCH3 is 1. The van der Waals surface area contributed by atoms with E-state index in [0.29, 0.717) is 10.6 Å². The van der Waals surface area contributed by atoms with E-state index in [4.69, 9.17) is 17.1 Å². The van der Waals surface area contributed by atoms with E-state index in [1.165, 1.54) is 7.11 Å². The molecule has 1 aromatic rings. The number of ether oxygens (including phenoxy) is 1. The molecule has 0 aliphatic carbocycles. The molecular formula is C11H10ClN3O2. The third kappa shape index (κ3) is 3.83. The highest BCUT2D eigenvalue weighted by Gasteiger charge is 2.09. The second kappa shape index (κ2) is 6.58. The number of carbonyl (C=O) groups excluding carboxylic acids is 1. The van der Waals surface area contributed by atoms with Crippen LogP contribution in [0.4, 0.5) is 0 Å². The Morgan fingerprint density at radius 3 is 3.00 bits per heavy atom. The zero-order chi connectivity index (χ0) is 12.7. The van der Waals surface area contributed by atoms with Crippen molar-refractivity contribution in [2.24, 2.45) is 5.11 Å². The van der Waals surface area contributed by atoms with Crippen molar-refractivity contribution < 1.29 is 9.53 Å². The number of halogens is 1. The number of rotatable bonds is 4. The molecule has 1 rings (SSSR count). The summed E-state index contributed by atoms with van der Waals surface area (Å²) in [4.78, 5) is 13.9. The minimum atomic E-state index is -0.473. The van der Waals surface area contributed by atoms with Gasteiger partial charge in [0.25, 0.3) is 0 Å². The van der Waals surface area contributed by atoms with Gasteiger partial charge in [-0.25, -0.2) is 4.79 Å². The van der Waals surface area contributed by atoms with Crippen molar-refractivity contribution in [3.63, 3.8) is 0 Å². The third-order valence-corrected chi connectivity index (χ3v) is 2.27. The number of esters is 1. The molecule has 0 fully saturated rings. The number of azide groups is 1. The molecule has 0 unspecified atom stereocenters. The molecule has 17 heavy (non-hydrogen) atoms. The van der Waals surface area contributed by atoms with Crippen LogP contribution in [0, 0.1) is 0 Å². The molecule has 0 spiro atoms. The van der Waals surface area contributed by atoms with E-state index in [9.17, 15) is 4.79 Å². The second-order valence-electron chi connectivity index (χ2n) is 3.05. The Hall–Kier alpha value is -1.97. The summed E-state index contributed by atoms with van der Waals surface area (Å²) in [5.41, 5.74) is 9.22. The Balaban J connectivity index is 2.85. The van der Waals surface area contributed by atoms with Gasteiger partial charge in [0, 0.05) is 11.5 Å². The van der Waals surface area contributed by atoms with E-state index in [1.807, 2.05) is 0 Å². The maximum Gasteiger partial charge on any atom is 0.339 e. The van der Waals surface area contributed by atoms with E-state index in [2.05, 4.69) is 14.8 Å². The molecular weight excluding hydrogens is 242 g/mol. The fourth-order valence-corrected chi connectivity index (χ4v) is 1.45. The molecule has 0 saturated carbocycles. The first-order valence-electron chi connectivity index (χ1n) is 4.74. The highest BCUT2D eigenvalue weighted by molar-refractivity contribution is 6.33. The highest BCUT2D eigenvalue weighted by atomic mass is 35.5. The summed E-state index contributed by atoms with van der Waals surface area (Å²) in [6, 6.07) is 4.95. The summed E-state index contributed by atoms with van der Waals surface area (Å²) >= 11 is 5.93.